The second kappa shape index (κ2) is 4.02. The van der Waals surface area contributed by atoms with Crippen LogP contribution in [-0.4, -0.2) is 45.9 Å². The molecule has 0 amide bonds. The first-order chi connectivity index (χ1) is 9.63. The summed E-state index contributed by atoms with van der Waals surface area (Å²) in [6, 6.07) is 2.54. The second-order valence-corrected chi connectivity index (χ2v) is 5.64. The number of anilines is 2. The highest BCUT2D eigenvalue weighted by Gasteiger charge is 2.37. The van der Waals surface area contributed by atoms with Gasteiger partial charge in [-0.2, -0.15) is 0 Å². The molecule has 1 unspecified atom stereocenters. The van der Waals surface area contributed by atoms with Crippen molar-refractivity contribution < 1.29 is 5.11 Å². The largest absolute Gasteiger partial charge is 0.372 e. The zero-order chi connectivity index (χ0) is 13.9. The van der Waals surface area contributed by atoms with Crippen LogP contribution in [0, 0.1) is 6.92 Å². The maximum absolute atomic E-state index is 10.2. The Morgan fingerprint density at radius 2 is 2.10 bits per heavy atom. The number of hydrogen-bond acceptors (Lipinski definition) is 6. The first-order valence-corrected chi connectivity index (χ1v) is 6.95. The van der Waals surface area contributed by atoms with Gasteiger partial charge in [-0.1, -0.05) is 0 Å². The summed E-state index contributed by atoms with van der Waals surface area (Å²) in [6.45, 7) is 2.48. The quantitative estimate of drug-likeness (QED) is 0.837. The highest BCUT2D eigenvalue weighted by Crippen LogP contribution is 2.40. The Hall–Kier alpha value is -1.95. The molecule has 4 rings (SSSR count). The van der Waals surface area contributed by atoms with Crippen LogP contribution in [-0.2, 0) is 0 Å². The third-order valence-corrected chi connectivity index (χ3v) is 4.10. The van der Waals surface area contributed by atoms with Crippen molar-refractivity contribution in [2.45, 2.75) is 32.0 Å². The Balaban J connectivity index is 1.93. The number of aliphatic hydroxyl groups excluding tert-OH is 1. The molecule has 1 saturated carbocycles. The number of aryl methyl sites for hydroxylation is 1. The van der Waals surface area contributed by atoms with Gasteiger partial charge in [-0.25, -0.2) is 15.0 Å². The van der Waals surface area contributed by atoms with Crippen molar-refractivity contribution >= 4 is 22.5 Å². The minimum Gasteiger partial charge on any atom is -0.372 e. The van der Waals surface area contributed by atoms with Gasteiger partial charge in [-0.05, 0) is 25.8 Å². The second-order valence-electron chi connectivity index (χ2n) is 5.64. The maximum atomic E-state index is 10.2. The van der Waals surface area contributed by atoms with Gasteiger partial charge in [0.05, 0.1) is 12.2 Å². The fourth-order valence-electron chi connectivity index (χ4n) is 2.75. The van der Waals surface area contributed by atoms with Crippen molar-refractivity contribution in [1.82, 2.24) is 15.0 Å². The Morgan fingerprint density at radius 3 is 2.85 bits per heavy atom. The molecule has 2 aromatic heterocycles. The highest BCUT2D eigenvalue weighted by atomic mass is 16.3. The van der Waals surface area contributed by atoms with Crippen molar-refractivity contribution in [3.8, 4) is 0 Å². The summed E-state index contributed by atoms with van der Waals surface area (Å²) >= 11 is 0. The van der Waals surface area contributed by atoms with Crippen LogP contribution in [0.15, 0.2) is 12.3 Å². The first kappa shape index (κ1) is 11.8. The lowest BCUT2D eigenvalue weighted by Crippen LogP contribution is -2.48. The number of hydrogen-bond donors (Lipinski definition) is 1. The van der Waals surface area contributed by atoms with E-state index in [1.807, 2.05) is 24.9 Å². The topological polar surface area (TPSA) is 65.4 Å². The van der Waals surface area contributed by atoms with Crippen molar-refractivity contribution in [2.24, 2.45) is 0 Å². The molecule has 6 heteroatoms. The van der Waals surface area contributed by atoms with E-state index in [1.165, 1.54) is 12.8 Å². The Kier molecular flexibility index (Phi) is 2.38. The highest BCUT2D eigenvalue weighted by molar-refractivity contribution is 5.85. The molecular weight excluding hydrogens is 254 g/mol. The van der Waals surface area contributed by atoms with E-state index in [9.17, 15) is 5.11 Å². The van der Waals surface area contributed by atoms with Gasteiger partial charge in [-0.15, -0.1) is 0 Å². The number of likely N-dealkylation sites (N-methyl/N-ethyl adjacent to an activating group) is 1. The molecule has 0 spiro atoms. The first-order valence-electron chi connectivity index (χ1n) is 6.95. The number of aliphatic hydroxyl groups is 1. The van der Waals surface area contributed by atoms with Gasteiger partial charge in [0, 0.05) is 24.7 Å². The van der Waals surface area contributed by atoms with Gasteiger partial charge >= 0.3 is 0 Å². The van der Waals surface area contributed by atoms with Crippen LogP contribution < -0.4 is 9.80 Å². The third kappa shape index (κ3) is 1.71. The average molecular weight is 271 g/mol. The minimum absolute atomic E-state index is 0.492. The summed E-state index contributed by atoms with van der Waals surface area (Å²) in [5, 5.41) is 11.1. The monoisotopic (exact) mass is 271 g/mol. The van der Waals surface area contributed by atoms with E-state index >= 15 is 0 Å². The lowest BCUT2D eigenvalue weighted by Gasteiger charge is -2.39. The fraction of sp³-hybridized carbons (Fsp3) is 0.500. The molecule has 1 aliphatic heterocycles. The SMILES string of the molecule is Cc1ncc2cc3c(nc2n1)N(C1CC1)CC(O)N3C. The van der Waals surface area contributed by atoms with Crippen LogP contribution in [0.5, 0.6) is 0 Å². The van der Waals surface area contributed by atoms with Gasteiger partial charge in [-0.3, -0.25) is 0 Å². The summed E-state index contributed by atoms with van der Waals surface area (Å²) in [5.41, 5.74) is 1.68. The molecule has 3 heterocycles. The summed E-state index contributed by atoms with van der Waals surface area (Å²) < 4.78 is 0. The molecule has 0 radical (unpaired) electrons. The molecule has 1 N–H and O–H groups in total. The summed E-state index contributed by atoms with van der Waals surface area (Å²) in [7, 11) is 1.90. The number of nitrogens with zero attached hydrogens (tertiary/aromatic N) is 5. The van der Waals surface area contributed by atoms with Crippen molar-refractivity contribution in [2.75, 3.05) is 23.4 Å². The van der Waals surface area contributed by atoms with E-state index in [2.05, 4.69) is 14.9 Å². The van der Waals surface area contributed by atoms with E-state index in [-0.39, 0.29) is 0 Å². The molecule has 6 nitrogen and oxygen atoms in total. The van der Waals surface area contributed by atoms with E-state index in [0.717, 1.165) is 28.4 Å². The fourth-order valence-corrected chi connectivity index (χ4v) is 2.75. The molecule has 104 valence electrons. The zero-order valence-corrected chi connectivity index (χ0v) is 11.6. The number of fused-ring (bicyclic) bond motifs is 2. The van der Waals surface area contributed by atoms with Gasteiger partial charge in [0.15, 0.2) is 11.5 Å². The Bertz CT molecular complexity index is 685. The van der Waals surface area contributed by atoms with Crippen molar-refractivity contribution in [1.29, 1.82) is 0 Å². The predicted molar refractivity (Wildman–Crippen MR) is 76.8 cm³/mol. The van der Waals surface area contributed by atoms with Crippen LogP contribution in [0.1, 0.15) is 18.7 Å². The Morgan fingerprint density at radius 1 is 1.30 bits per heavy atom. The van der Waals surface area contributed by atoms with E-state index in [1.54, 1.807) is 6.20 Å². The van der Waals surface area contributed by atoms with Crippen LogP contribution in [0.25, 0.3) is 11.0 Å². The molecule has 1 atom stereocenters. The standard InChI is InChI=1S/C14H17N5O/c1-8-15-6-9-5-11-14(17-13(9)16-8)19(10-3-4-10)7-12(20)18(11)2/h5-6,10,12,20H,3-4,7H2,1-2H3. The number of rotatable bonds is 1. The van der Waals surface area contributed by atoms with Crippen LogP contribution in [0.3, 0.4) is 0 Å². The molecule has 2 aliphatic rings. The summed E-state index contributed by atoms with van der Waals surface area (Å²) in [4.78, 5) is 17.5. The van der Waals surface area contributed by atoms with Crippen LogP contribution >= 0.6 is 0 Å². The van der Waals surface area contributed by atoms with E-state index < -0.39 is 6.23 Å². The normalized spacial score (nSPS) is 22.2. The van der Waals surface area contributed by atoms with Gasteiger partial charge in [0.2, 0.25) is 0 Å². The third-order valence-electron chi connectivity index (χ3n) is 4.10. The van der Waals surface area contributed by atoms with Gasteiger partial charge < -0.3 is 14.9 Å². The summed E-state index contributed by atoms with van der Waals surface area (Å²) in [5.74, 6) is 1.66. The predicted octanol–water partition coefficient (Wildman–Crippen LogP) is 1.07. The van der Waals surface area contributed by atoms with Crippen LogP contribution in [0.2, 0.25) is 0 Å². The Labute approximate surface area is 117 Å². The summed E-state index contributed by atoms with van der Waals surface area (Å²) in [6.07, 6.45) is 3.66. The molecule has 2 aromatic rings. The number of pyridine rings is 1. The maximum Gasteiger partial charge on any atom is 0.165 e. The number of β-amino-alcohol motifs (C(OH)–C–C–N with tert-alkyl or cyclic N) is 1. The van der Waals surface area contributed by atoms with Crippen LogP contribution in [0.4, 0.5) is 11.5 Å². The molecule has 0 bridgehead atoms. The van der Waals surface area contributed by atoms with Gasteiger partial charge in [0.1, 0.15) is 12.1 Å². The average Bonchev–Trinajstić information content (AvgIpc) is 3.25. The number of aromatic nitrogens is 3. The smallest absolute Gasteiger partial charge is 0.165 e. The molecule has 20 heavy (non-hydrogen) atoms. The molecular formula is C14H17N5O. The lowest BCUT2D eigenvalue weighted by atomic mass is 10.2. The molecule has 1 aliphatic carbocycles. The lowest BCUT2D eigenvalue weighted by molar-refractivity contribution is 0.175. The molecule has 0 saturated heterocycles. The van der Waals surface area contributed by atoms with Gasteiger partial charge in [0.25, 0.3) is 0 Å². The molecule has 0 aromatic carbocycles. The zero-order valence-electron chi connectivity index (χ0n) is 11.6. The van der Waals surface area contributed by atoms with Crippen molar-refractivity contribution in [3.63, 3.8) is 0 Å². The van der Waals surface area contributed by atoms with Crippen molar-refractivity contribution in [3.05, 3.63) is 18.1 Å². The van der Waals surface area contributed by atoms with E-state index in [4.69, 9.17) is 4.98 Å². The molecule has 1 fully saturated rings. The minimum atomic E-state index is -0.492. The van der Waals surface area contributed by atoms with E-state index in [0.29, 0.717) is 12.6 Å².